The van der Waals surface area contributed by atoms with Gasteiger partial charge in [-0.2, -0.15) is 5.10 Å². The molecule has 1 aliphatic carbocycles. The number of hydrogen-bond acceptors (Lipinski definition) is 3. The summed E-state index contributed by atoms with van der Waals surface area (Å²) in [7, 11) is 1.83. The summed E-state index contributed by atoms with van der Waals surface area (Å²) < 4.78 is 1.58. The molecule has 0 spiro atoms. The number of nitrogens with zero attached hydrogens (tertiary/aromatic N) is 4. The average Bonchev–Trinajstić information content (AvgIpc) is 2.96. The summed E-state index contributed by atoms with van der Waals surface area (Å²) in [5, 5.41) is 4.68. The maximum atomic E-state index is 13.1. The van der Waals surface area contributed by atoms with Crippen molar-refractivity contribution in [2.45, 2.75) is 32.2 Å². The van der Waals surface area contributed by atoms with E-state index in [1.54, 1.807) is 15.6 Å². The molecule has 1 aromatic carbocycles. The van der Waals surface area contributed by atoms with Gasteiger partial charge in [0, 0.05) is 19.4 Å². The Bertz CT molecular complexity index is 965. The number of amides is 1. The van der Waals surface area contributed by atoms with Crippen LogP contribution in [0.15, 0.2) is 36.7 Å². The summed E-state index contributed by atoms with van der Waals surface area (Å²) in [6, 6.07) is 8.38. The molecular weight excluding hydrogens is 336 g/mol. The Morgan fingerprint density at radius 1 is 1.36 bits per heavy atom. The number of carbonyl (C=O) groups excluding carboxylic acids is 1. The van der Waals surface area contributed by atoms with Gasteiger partial charge >= 0.3 is 0 Å². The summed E-state index contributed by atoms with van der Waals surface area (Å²) in [6.07, 6.45) is 6.62. The van der Waals surface area contributed by atoms with E-state index in [0.717, 1.165) is 24.8 Å². The van der Waals surface area contributed by atoms with Gasteiger partial charge in [0.15, 0.2) is 11.3 Å². The summed E-state index contributed by atoms with van der Waals surface area (Å²) in [6.45, 7) is 1.93. The molecule has 6 heteroatoms. The molecule has 0 fully saturated rings. The topological polar surface area (TPSA) is 50.5 Å². The maximum absolute atomic E-state index is 13.1. The lowest BCUT2D eigenvalue weighted by molar-refractivity contribution is 0.0709. The van der Waals surface area contributed by atoms with Crippen molar-refractivity contribution in [2.24, 2.45) is 0 Å². The number of benzene rings is 1. The molecule has 1 amide bonds. The van der Waals surface area contributed by atoms with Gasteiger partial charge in [-0.1, -0.05) is 35.9 Å². The van der Waals surface area contributed by atoms with Gasteiger partial charge in [-0.25, -0.2) is 9.50 Å². The number of aromatic nitrogens is 3. The van der Waals surface area contributed by atoms with Gasteiger partial charge < -0.3 is 4.90 Å². The second-order valence-electron chi connectivity index (χ2n) is 6.58. The van der Waals surface area contributed by atoms with Gasteiger partial charge in [0.1, 0.15) is 5.02 Å². The van der Waals surface area contributed by atoms with Crippen LogP contribution in [0.2, 0.25) is 5.02 Å². The van der Waals surface area contributed by atoms with E-state index in [1.165, 1.54) is 11.1 Å². The molecule has 0 bridgehead atoms. The monoisotopic (exact) mass is 354 g/mol. The minimum atomic E-state index is -0.171. The summed E-state index contributed by atoms with van der Waals surface area (Å²) >= 11 is 6.39. The number of fused-ring (bicyclic) bond motifs is 2. The highest BCUT2D eigenvalue weighted by Gasteiger charge is 2.30. The van der Waals surface area contributed by atoms with Crippen LogP contribution in [-0.2, 0) is 6.42 Å². The fourth-order valence-electron chi connectivity index (χ4n) is 3.58. The molecule has 5 nitrogen and oxygen atoms in total. The zero-order valence-corrected chi connectivity index (χ0v) is 15.0. The van der Waals surface area contributed by atoms with Crippen LogP contribution in [0.1, 0.15) is 46.1 Å². The van der Waals surface area contributed by atoms with Crippen molar-refractivity contribution in [1.29, 1.82) is 0 Å². The second-order valence-corrected chi connectivity index (χ2v) is 6.96. The van der Waals surface area contributed by atoms with E-state index in [9.17, 15) is 4.79 Å². The van der Waals surface area contributed by atoms with Crippen LogP contribution in [0.4, 0.5) is 0 Å². The molecule has 1 atom stereocenters. The van der Waals surface area contributed by atoms with Gasteiger partial charge in [0.2, 0.25) is 0 Å². The number of rotatable bonds is 2. The molecule has 0 saturated carbocycles. The van der Waals surface area contributed by atoms with Crippen LogP contribution < -0.4 is 0 Å². The third-order valence-corrected chi connectivity index (χ3v) is 5.22. The molecule has 0 aliphatic heterocycles. The Labute approximate surface area is 151 Å². The highest BCUT2D eigenvalue weighted by Crippen LogP contribution is 2.34. The van der Waals surface area contributed by atoms with Crippen molar-refractivity contribution < 1.29 is 4.79 Å². The Kier molecular flexibility index (Phi) is 3.96. The fourth-order valence-corrected chi connectivity index (χ4v) is 3.83. The molecule has 3 aromatic rings. The smallest absolute Gasteiger partial charge is 0.276 e. The number of hydrogen-bond donors (Lipinski definition) is 0. The van der Waals surface area contributed by atoms with Gasteiger partial charge in [-0.3, -0.25) is 4.79 Å². The first kappa shape index (κ1) is 16.1. The summed E-state index contributed by atoms with van der Waals surface area (Å²) in [5.74, 6) is -0.171. The SMILES string of the molecule is Cc1cnc2c(Cl)c(C(=O)N(C)[C@H]3CCCc4ccccc43)nn2c1. The van der Waals surface area contributed by atoms with Gasteiger partial charge in [-0.05, 0) is 42.9 Å². The van der Waals surface area contributed by atoms with E-state index in [-0.39, 0.29) is 17.6 Å². The first-order valence-electron chi connectivity index (χ1n) is 8.41. The fraction of sp³-hybridized carbons (Fsp3) is 0.316. The summed E-state index contributed by atoms with van der Waals surface area (Å²) in [4.78, 5) is 19.1. The zero-order valence-electron chi connectivity index (χ0n) is 14.2. The third-order valence-electron chi connectivity index (χ3n) is 4.87. The minimum absolute atomic E-state index is 0.0491. The van der Waals surface area contributed by atoms with Crippen molar-refractivity contribution in [3.05, 3.63) is 64.1 Å². The van der Waals surface area contributed by atoms with Crippen LogP contribution in [0, 0.1) is 6.92 Å². The highest BCUT2D eigenvalue weighted by atomic mass is 35.5. The summed E-state index contributed by atoms with van der Waals surface area (Å²) in [5.41, 5.74) is 4.26. The van der Waals surface area contributed by atoms with E-state index in [4.69, 9.17) is 11.6 Å². The Morgan fingerprint density at radius 3 is 3.00 bits per heavy atom. The van der Waals surface area contributed by atoms with E-state index >= 15 is 0 Å². The minimum Gasteiger partial charge on any atom is -0.333 e. The predicted octanol–water partition coefficient (Wildman–Crippen LogP) is 3.84. The first-order chi connectivity index (χ1) is 12.1. The molecule has 2 aromatic heterocycles. The first-order valence-corrected chi connectivity index (χ1v) is 8.79. The van der Waals surface area contributed by atoms with Crippen molar-refractivity contribution in [3.8, 4) is 0 Å². The lowest BCUT2D eigenvalue weighted by Crippen LogP contribution is -2.33. The molecule has 128 valence electrons. The number of halogens is 1. The van der Waals surface area contributed by atoms with E-state index in [2.05, 4.69) is 28.3 Å². The maximum Gasteiger partial charge on any atom is 0.276 e. The van der Waals surface area contributed by atoms with E-state index in [0.29, 0.717) is 10.7 Å². The van der Waals surface area contributed by atoms with Crippen molar-refractivity contribution in [3.63, 3.8) is 0 Å². The standard InChI is InChI=1S/C19H19ClN4O/c1-12-10-21-18-16(20)17(22-24(18)11-12)19(25)23(2)15-9-5-7-13-6-3-4-8-14(13)15/h3-4,6,8,10-11,15H,5,7,9H2,1-2H3/t15-/m0/s1. The van der Waals surface area contributed by atoms with Crippen LogP contribution >= 0.6 is 11.6 Å². The second kappa shape index (κ2) is 6.15. The van der Waals surface area contributed by atoms with Crippen LogP contribution in [0.3, 0.4) is 0 Å². The molecule has 0 N–H and O–H groups in total. The third kappa shape index (κ3) is 2.68. The highest BCUT2D eigenvalue weighted by molar-refractivity contribution is 6.36. The van der Waals surface area contributed by atoms with E-state index in [1.807, 2.05) is 26.2 Å². The number of carbonyl (C=O) groups is 1. The molecule has 1 aliphatic rings. The molecule has 4 rings (SSSR count). The van der Waals surface area contributed by atoms with Gasteiger partial charge in [0.25, 0.3) is 5.91 Å². The van der Waals surface area contributed by atoms with Crippen LogP contribution in [0.25, 0.3) is 5.65 Å². The van der Waals surface area contributed by atoms with Crippen molar-refractivity contribution in [2.75, 3.05) is 7.05 Å². The molecular formula is C19H19ClN4O. The molecule has 0 radical (unpaired) electrons. The molecule has 0 saturated heterocycles. The van der Waals surface area contributed by atoms with Gasteiger partial charge in [-0.15, -0.1) is 0 Å². The largest absolute Gasteiger partial charge is 0.333 e. The number of aryl methyl sites for hydroxylation is 2. The predicted molar refractivity (Wildman–Crippen MR) is 96.9 cm³/mol. The van der Waals surface area contributed by atoms with E-state index < -0.39 is 0 Å². The Morgan fingerprint density at radius 2 is 2.16 bits per heavy atom. The molecule has 2 heterocycles. The lowest BCUT2D eigenvalue weighted by Gasteiger charge is -2.33. The van der Waals surface area contributed by atoms with Crippen molar-refractivity contribution in [1.82, 2.24) is 19.5 Å². The molecule has 0 unspecified atom stereocenters. The quantitative estimate of drug-likeness (QED) is 0.702. The van der Waals surface area contributed by atoms with Crippen LogP contribution in [0.5, 0.6) is 0 Å². The van der Waals surface area contributed by atoms with Gasteiger partial charge in [0.05, 0.1) is 6.04 Å². The zero-order chi connectivity index (χ0) is 17.6. The average molecular weight is 355 g/mol. The molecule has 25 heavy (non-hydrogen) atoms. The Hall–Kier alpha value is -2.40. The van der Waals surface area contributed by atoms with Crippen molar-refractivity contribution >= 4 is 23.2 Å². The Balaban J connectivity index is 1.71. The lowest BCUT2D eigenvalue weighted by atomic mass is 9.87. The normalized spacial score (nSPS) is 16.7. The van der Waals surface area contributed by atoms with Crippen LogP contribution in [-0.4, -0.2) is 32.5 Å².